The first-order valence-electron chi connectivity index (χ1n) is 6.38. The van der Waals surface area contributed by atoms with Crippen LogP contribution in [0.4, 0.5) is 15.8 Å². The fourth-order valence-electron chi connectivity index (χ4n) is 1.75. The number of hydrogen-bond donors (Lipinski definition) is 1. The number of nitro benzene ring substituents is 1. The predicted octanol–water partition coefficient (Wildman–Crippen LogP) is 1.88. The molecule has 21 heavy (non-hydrogen) atoms. The highest BCUT2D eigenvalue weighted by Gasteiger charge is 2.25. The van der Waals surface area contributed by atoms with E-state index in [1.807, 2.05) is 0 Å². The van der Waals surface area contributed by atoms with Crippen LogP contribution in [-0.4, -0.2) is 49.6 Å². The van der Waals surface area contributed by atoms with Crippen LogP contribution in [0.3, 0.4) is 0 Å². The summed E-state index contributed by atoms with van der Waals surface area (Å²) in [5.74, 6) is -1.32. The Morgan fingerprint density at radius 1 is 1.52 bits per heavy atom. The summed E-state index contributed by atoms with van der Waals surface area (Å²) >= 11 is 0. The van der Waals surface area contributed by atoms with Crippen LogP contribution < -0.4 is 5.32 Å². The Labute approximate surface area is 121 Å². The maximum absolute atomic E-state index is 13.7. The highest BCUT2D eigenvalue weighted by Crippen LogP contribution is 2.27. The first-order valence-corrected chi connectivity index (χ1v) is 6.38. The molecule has 0 aliphatic heterocycles. The van der Waals surface area contributed by atoms with Gasteiger partial charge in [-0.3, -0.25) is 14.9 Å². The lowest BCUT2D eigenvalue weighted by atomic mass is 10.1. The number of benzene rings is 1. The lowest BCUT2D eigenvalue weighted by Crippen LogP contribution is -2.30. The number of carbonyl (C=O) groups is 1. The number of carbonyl (C=O) groups excluding carboxylic acids is 1. The summed E-state index contributed by atoms with van der Waals surface area (Å²) in [6.07, 6.45) is 0. The van der Waals surface area contributed by atoms with E-state index in [4.69, 9.17) is 4.74 Å². The summed E-state index contributed by atoms with van der Waals surface area (Å²) in [4.78, 5) is 23.8. The molecule has 0 saturated carbocycles. The van der Waals surface area contributed by atoms with Gasteiger partial charge in [-0.1, -0.05) is 0 Å². The topological polar surface area (TPSA) is 84.7 Å². The zero-order valence-corrected chi connectivity index (χ0v) is 12.2. The van der Waals surface area contributed by atoms with Crippen molar-refractivity contribution in [3.8, 4) is 0 Å². The van der Waals surface area contributed by atoms with E-state index >= 15 is 0 Å². The minimum Gasteiger partial charge on any atom is -0.383 e. The normalized spacial score (nSPS) is 10.3. The lowest BCUT2D eigenvalue weighted by Gasteiger charge is -2.17. The van der Waals surface area contributed by atoms with Crippen LogP contribution in [0.2, 0.25) is 0 Å². The first kappa shape index (κ1) is 16.8. The largest absolute Gasteiger partial charge is 0.383 e. The minimum atomic E-state index is -0.768. The Hall–Kier alpha value is -2.22. The number of likely N-dealkylation sites (N-methyl/N-ethyl adjacent to an activating group) is 1. The molecule has 0 radical (unpaired) electrons. The molecule has 7 nitrogen and oxygen atoms in total. The fourth-order valence-corrected chi connectivity index (χ4v) is 1.75. The molecule has 0 spiro atoms. The molecule has 1 aromatic rings. The van der Waals surface area contributed by atoms with E-state index in [1.54, 1.807) is 6.92 Å². The molecule has 1 N–H and O–H groups in total. The minimum absolute atomic E-state index is 0.0617. The Morgan fingerprint density at radius 3 is 2.71 bits per heavy atom. The SMILES string of the molecule is CCNc1cc(C(=O)N(C)CCOC)c([N+](=O)[O-])cc1F. The molecule has 0 heterocycles. The third-order valence-corrected chi connectivity index (χ3v) is 2.86. The maximum atomic E-state index is 13.7. The molecule has 0 aliphatic carbocycles. The molecule has 0 unspecified atom stereocenters. The van der Waals surface area contributed by atoms with E-state index in [-0.39, 0.29) is 17.8 Å². The molecule has 116 valence electrons. The molecular formula is C13H18FN3O4. The molecule has 0 aliphatic rings. The second-order valence-corrected chi connectivity index (χ2v) is 4.36. The number of ether oxygens (including phenoxy) is 1. The number of methoxy groups -OCH3 is 1. The van der Waals surface area contributed by atoms with E-state index in [1.165, 1.54) is 25.1 Å². The van der Waals surface area contributed by atoms with E-state index in [9.17, 15) is 19.3 Å². The summed E-state index contributed by atoms with van der Waals surface area (Å²) in [6.45, 7) is 2.77. The molecule has 1 amide bonds. The van der Waals surface area contributed by atoms with Crippen LogP contribution in [0.15, 0.2) is 12.1 Å². The Balaban J connectivity index is 3.21. The van der Waals surface area contributed by atoms with Crippen molar-refractivity contribution in [2.45, 2.75) is 6.92 Å². The van der Waals surface area contributed by atoms with Crippen molar-refractivity contribution in [2.24, 2.45) is 0 Å². The van der Waals surface area contributed by atoms with E-state index < -0.39 is 22.3 Å². The van der Waals surface area contributed by atoms with Gasteiger partial charge in [0.2, 0.25) is 0 Å². The number of rotatable bonds is 7. The van der Waals surface area contributed by atoms with Gasteiger partial charge in [0, 0.05) is 27.2 Å². The van der Waals surface area contributed by atoms with Gasteiger partial charge in [-0.25, -0.2) is 4.39 Å². The fraction of sp³-hybridized carbons (Fsp3) is 0.462. The van der Waals surface area contributed by atoms with Gasteiger partial charge in [0.25, 0.3) is 11.6 Å². The third-order valence-electron chi connectivity index (χ3n) is 2.86. The van der Waals surface area contributed by atoms with Gasteiger partial charge in [0.15, 0.2) is 5.82 Å². The average molecular weight is 299 g/mol. The molecule has 0 bridgehead atoms. The lowest BCUT2D eigenvalue weighted by molar-refractivity contribution is -0.385. The number of amides is 1. The van der Waals surface area contributed by atoms with Crippen LogP contribution >= 0.6 is 0 Å². The van der Waals surface area contributed by atoms with Crippen LogP contribution in [0.1, 0.15) is 17.3 Å². The Morgan fingerprint density at radius 2 is 2.19 bits per heavy atom. The first-order chi connectivity index (χ1) is 9.92. The van der Waals surface area contributed by atoms with Gasteiger partial charge in [-0.15, -0.1) is 0 Å². The van der Waals surface area contributed by atoms with E-state index in [0.29, 0.717) is 13.2 Å². The van der Waals surface area contributed by atoms with Gasteiger partial charge >= 0.3 is 0 Å². The van der Waals surface area contributed by atoms with E-state index in [2.05, 4.69) is 5.32 Å². The van der Waals surface area contributed by atoms with Crippen LogP contribution in [0.25, 0.3) is 0 Å². The summed E-state index contributed by atoms with van der Waals surface area (Å²) in [5.41, 5.74) is -0.647. The molecule has 0 saturated heterocycles. The van der Waals surface area contributed by atoms with Gasteiger partial charge in [0.05, 0.1) is 23.3 Å². The monoisotopic (exact) mass is 299 g/mol. The van der Waals surface area contributed by atoms with Gasteiger partial charge in [0.1, 0.15) is 5.56 Å². The average Bonchev–Trinajstić information content (AvgIpc) is 2.45. The second kappa shape index (κ2) is 7.53. The van der Waals surface area contributed by atoms with Crippen molar-refractivity contribution >= 4 is 17.3 Å². The number of nitrogens with one attached hydrogen (secondary N) is 1. The van der Waals surface area contributed by atoms with E-state index in [0.717, 1.165) is 6.07 Å². The summed E-state index contributed by atoms with van der Waals surface area (Å²) < 4.78 is 18.6. The molecule has 8 heteroatoms. The van der Waals surface area contributed by atoms with Crippen molar-refractivity contribution < 1.29 is 18.8 Å². The van der Waals surface area contributed by atoms with Crippen molar-refractivity contribution in [1.29, 1.82) is 0 Å². The zero-order valence-electron chi connectivity index (χ0n) is 12.2. The van der Waals surface area contributed by atoms with Crippen molar-refractivity contribution in [3.63, 3.8) is 0 Å². The Bertz CT molecular complexity index is 536. The standard InChI is InChI=1S/C13H18FN3O4/c1-4-15-11-7-9(12(17(19)20)8-10(11)14)13(18)16(2)5-6-21-3/h7-8,15H,4-6H2,1-3H3. The zero-order chi connectivity index (χ0) is 16.0. The number of hydrogen-bond acceptors (Lipinski definition) is 5. The molecule has 0 fully saturated rings. The summed E-state index contributed by atoms with van der Waals surface area (Å²) in [7, 11) is 2.99. The second-order valence-electron chi connectivity index (χ2n) is 4.36. The molecule has 1 rings (SSSR count). The Kier molecular flexibility index (Phi) is 6.04. The molecule has 0 atom stereocenters. The van der Waals surface area contributed by atoms with Crippen molar-refractivity contribution in [3.05, 3.63) is 33.6 Å². The third kappa shape index (κ3) is 4.12. The number of nitro groups is 1. The van der Waals surface area contributed by atoms with Crippen molar-refractivity contribution in [1.82, 2.24) is 4.90 Å². The van der Waals surface area contributed by atoms with Crippen LogP contribution in [0, 0.1) is 15.9 Å². The number of nitrogens with zero attached hydrogens (tertiary/aromatic N) is 2. The van der Waals surface area contributed by atoms with Gasteiger partial charge in [-0.2, -0.15) is 0 Å². The highest BCUT2D eigenvalue weighted by atomic mass is 19.1. The van der Waals surface area contributed by atoms with Crippen molar-refractivity contribution in [2.75, 3.05) is 39.2 Å². The number of anilines is 1. The van der Waals surface area contributed by atoms with Crippen LogP contribution in [-0.2, 0) is 4.74 Å². The summed E-state index contributed by atoms with van der Waals surface area (Å²) in [5, 5.41) is 13.7. The molecule has 1 aromatic carbocycles. The predicted molar refractivity (Wildman–Crippen MR) is 76.1 cm³/mol. The highest BCUT2D eigenvalue weighted by molar-refractivity contribution is 5.99. The maximum Gasteiger partial charge on any atom is 0.285 e. The molecule has 0 aromatic heterocycles. The van der Waals surface area contributed by atoms with Gasteiger partial charge < -0.3 is 15.0 Å². The van der Waals surface area contributed by atoms with Gasteiger partial charge in [-0.05, 0) is 13.0 Å². The number of halogens is 1. The van der Waals surface area contributed by atoms with Crippen LogP contribution in [0.5, 0.6) is 0 Å². The quantitative estimate of drug-likeness (QED) is 0.614. The molecular weight excluding hydrogens is 281 g/mol. The summed E-state index contributed by atoms with van der Waals surface area (Å²) in [6, 6.07) is 1.93. The smallest absolute Gasteiger partial charge is 0.285 e.